The third-order valence-electron chi connectivity index (χ3n) is 3.45. The molecule has 1 N–H and O–H groups in total. The topological polar surface area (TPSA) is 111 Å². The number of carbonyl (C=O) groups excluding carboxylic acids is 4. The van der Waals surface area contributed by atoms with E-state index < -0.39 is 23.8 Å². The molecule has 1 aliphatic rings. The fourth-order valence-corrected chi connectivity index (χ4v) is 2.14. The smallest absolute Gasteiger partial charge is 0.344 e. The SMILES string of the molecule is CCOC(=O)COc1ccc(/C=C2\C(=O)NC(=O)N(C)C2=O)cc1OC. The minimum absolute atomic E-state index is 0.186. The van der Waals surface area contributed by atoms with Crippen molar-refractivity contribution in [3.8, 4) is 11.5 Å². The Morgan fingerprint density at radius 3 is 2.62 bits per heavy atom. The molecule has 1 aromatic rings. The Labute approximate surface area is 149 Å². The number of methoxy groups -OCH3 is 1. The second kappa shape index (κ2) is 8.15. The summed E-state index contributed by atoms with van der Waals surface area (Å²) >= 11 is 0. The van der Waals surface area contributed by atoms with E-state index in [1.54, 1.807) is 13.0 Å². The summed E-state index contributed by atoms with van der Waals surface area (Å²) in [5.74, 6) is -1.40. The molecule has 138 valence electrons. The van der Waals surface area contributed by atoms with Crippen LogP contribution in [0.2, 0.25) is 0 Å². The number of hydrogen-bond donors (Lipinski definition) is 1. The molecule has 4 amide bonds. The molecule has 1 fully saturated rings. The summed E-state index contributed by atoms with van der Waals surface area (Å²) in [6.07, 6.45) is 1.33. The molecule has 9 nitrogen and oxygen atoms in total. The molecule has 2 rings (SSSR count). The van der Waals surface area contributed by atoms with Gasteiger partial charge < -0.3 is 14.2 Å². The van der Waals surface area contributed by atoms with Crippen LogP contribution >= 0.6 is 0 Å². The van der Waals surface area contributed by atoms with Crippen LogP contribution in [0.25, 0.3) is 6.08 Å². The summed E-state index contributed by atoms with van der Waals surface area (Å²) in [4.78, 5) is 47.5. The van der Waals surface area contributed by atoms with Crippen LogP contribution in [-0.4, -0.2) is 56.1 Å². The van der Waals surface area contributed by atoms with Crippen LogP contribution in [0.1, 0.15) is 12.5 Å². The van der Waals surface area contributed by atoms with Crippen LogP contribution in [0, 0.1) is 0 Å². The number of nitrogens with one attached hydrogen (secondary N) is 1. The number of rotatable bonds is 6. The summed E-state index contributed by atoms with van der Waals surface area (Å²) in [7, 11) is 2.68. The highest BCUT2D eigenvalue weighted by Crippen LogP contribution is 2.29. The Bertz CT molecular complexity index is 785. The van der Waals surface area contributed by atoms with Crippen molar-refractivity contribution >= 4 is 29.9 Å². The first kappa shape index (κ1) is 19.0. The number of carbonyl (C=O) groups is 4. The van der Waals surface area contributed by atoms with Gasteiger partial charge in [0.2, 0.25) is 0 Å². The standard InChI is InChI=1S/C17H18N2O7/c1-4-25-14(20)9-26-12-6-5-10(8-13(12)24-3)7-11-15(21)18-17(23)19(2)16(11)22/h5-8H,4,9H2,1-3H3,(H,18,21,23)/b11-7+. The molecule has 0 spiro atoms. The minimum atomic E-state index is -0.780. The van der Waals surface area contributed by atoms with E-state index in [0.29, 0.717) is 17.1 Å². The Balaban J connectivity index is 2.23. The summed E-state index contributed by atoms with van der Waals surface area (Å²) in [5, 5.41) is 2.07. The summed E-state index contributed by atoms with van der Waals surface area (Å²) in [6, 6.07) is 3.86. The van der Waals surface area contributed by atoms with Gasteiger partial charge in [-0.2, -0.15) is 0 Å². The second-order valence-corrected chi connectivity index (χ2v) is 5.19. The first-order chi connectivity index (χ1) is 12.4. The monoisotopic (exact) mass is 362 g/mol. The van der Waals surface area contributed by atoms with Crippen molar-refractivity contribution in [1.82, 2.24) is 10.2 Å². The van der Waals surface area contributed by atoms with E-state index in [9.17, 15) is 19.2 Å². The van der Waals surface area contributed by atoms with Gasteiger partial charge in [0.15, 0.2) is 18.1 Å². The maximum atomic E-state index is 12.1. The maximum absolute atomic E-state index is 12.1. The summed E-state index contributed by atoms with van der Waals surface area (Å²) in [5.41, 5.74) is 0.293. The van der Waals surface area contributed by atoms with Crippen LogP contribution in [0.3, 0.4) is 0 Å². The van der Waals surface area contributed by atoms with Gasteiger partial charge in [-0.1, -0.05) is 6.07 Å². The lowest BCUT2D eigenvalue weighted by molar-refractivity contribution is -0.145. The normalized spacial score (nSPS) is 15.7. The van der Waals surface area contributed by atoms with Crippen molar-refractivity contribution in [3.05, 3.63) is 29.3 Å². The zero-order valence-electron chi connectivity index (χ0n) is 14.5. The van der Waals surface area contributed by atoms with Gasteiger partial charge in [-0.25, -0.2) is 9.59 Å². The number of likely N-dealkylation sites (N-methyl/N-ethyl adjacent to an activating group) is 1. The van der Waals surface area contributed by atoms with E-state index in [0.717, 1.165) is 4.90 Å². The van der Waals surface area contributed by atoms with Crippen molar-refractivity contribution in [2.45, 2.75) is 6.92 Å². The highest BCUT2D eigenvalue weighted by molar-refractivity contribution is 6.30. The van der Waals surface area contributed by atoms with E-state index in [1.807, 2.05) is 0 Å². The van der Waals surface area contributed by atoms with Crippen molar-refractivity contribution in [2.24, 2.45) is 0 Å². The third kappa shape index (κ3) is 4.18. The minimum Gasteiger partial charge on any atom is -0.493 e. The molecular formula is C17H18N2O7. The largest absolute Gasteiger partial charge is 0.493 e. The molecular weight excluding hydrogens is 344 g/mol. The zero-order valence-corrected chi connectivity index (χ0v) is 14.5. The molecule has 0 radical (unpaired) electrons. The fraction of sp³-hybridized carbons (Fsp3) is 0.294. The van der Waals surface area contributed by atoms with E-state index >= 15 is 0 Å². The molecule has 1 heterocycles. The molecule has 0 bridgehead atoms. The number of urea groups is 1. The molecule has 0 aromatic heterocycles. The highest BCUT2D eigenvalue weighted by atomic mass is 16.6. The molecule has 9 heteroatoms. The summed E-state index contributed by atoms with van der Waals surface area (Å²) < 4.78 is 15.3. The van der Waals surface area contributed by atoms with Gasteiger partial charge in [0.25, 0.3) is 11.8 Å². The molecule has 1 saturated heterocycles. The number of nitrogens with zero attached hydrogens (tertiary/aromatic N) is 1. The van der Waals surface area contributed by atoms with Crippen molar-refractivity contribution in [2.75, 3.05) is 27.4 Å². The first-order valence-electron chi connectivity index (χ1n) is 7.68. The number of amides is 4. The Morgan fingerprint density at radius 2 is 1.96 bits per heavy atom. The average Bonchev–Trinajstić information content (AvgIpc) is 2.62. The first-order valence-corrected chi connectivity index (χ1v) is 7.68. The van der Waals surface area contributed by atoms with Crippen LogP contribution < -0.4 is 14.8 Å². The number of benzene rings is 1. The van der Waals surface area contributed by atoms with E-state index in [1.165, 1.54) is 32.4 Å². The molecule has 1 aliphatic heterocycles. The molecule has 0 aliphatic carbocycles. The van der Waals surface area contributed by atoms with Gasteiger partial charge in [0.05, 0.1) is 13.7 Å². The molecule has 0 atom stereocenters. The predicted molar refractivity (Wildman–Crippen MR) is 89.4 cm³/mol. The van der Waals surface area contributed by atoms with Gasteiger partial charge in [-0.3, -0.25) is 19.8 Å². The average molecular weight is 362 g/mol. The predicted octanol–water partition coefficient (Wildman–Crippen LogP) is 0.729. The Hall–Kier alpha value is -3.36. The van der Waals surface area contributed by atoms with Crippen molar-refractivity contribution in [1.29, 1.82) is 0 Å². The van der Waals surface area contributed by atoms with Gasteiger partial charge in [-0.15, -0.1) is 0 Å². The lowest BCUT2D eigenvalue weighted by atomic mass is 10.1. The summed E-state index contributed by atoms with van der Waals surface area (Å²) in [6.45, 7) is 1.66. The van der Waals surface area contributed by atoms with Gasteiger partial charge in [0, 0.05) is 7.05 Å². The van der Waals surface area contributed by atoms with Crippen LogP contribution in [0.4, 0.5) is 4.79 Å². The van der Waals surface area contributed by atoms with Gasteiger partial charge in [-0.05, 0) is 30.7 Å². The van der Waals surface area contributed by atoms with Crippen LogP contribution in [0.15, 0.2) is 23.8 Å². The van der Waals surface area contributed by atoms with Crippen LogP contribution in [-0.2, 0) is 19.1 Å². The zero-order chi connectivity index (χ0) is 19.3. The van der Waals surface area contributed by atoms with Crippen molar-refractivity contribution < 1.29 is 33.4 Å². The lowest BCUT2D eigenvalue weighted by Gasteiger charge is -2.22. The van der Waals surface area contributed by atoms with E-state index in [-0.39, 0.29) is 18.8 Å². The van der Waals surface area contributed by atoms with Gasteiger partial charge in [0.1, 0.15) is 5.57 Å². The van der Waals surface area contributed by atoms with E-state index in [2.05, 4.69) is 5.32 Å². The highest BCUT2D eigenvalue weighted by Gasteiger charge is 2.33. The van der Waals surface area contributed by atoms with Gasteiger partial charge >= 0.3 is 12.0 Å². The molecule has 1 aromatic carbocycles. The number of ether oxygens (including phenoxy) is 3. The number of hydrogen-bond acceptors (Lipinski definition) is 7. The molecule has 0 unspecified atom stereocenters. The lowest BCUT2D eigenvalue weighted by Crippen LogP contribution is -2.52. The second-order valence-electron chi connectivity index (χ2n) is 5.19. The molecule has 26 heavy (non-hydrogen) atoms. The van der Waals surface area contributed by atoms with Crippen LogP contribution in [0.5, 0.6) is 11.5 Å². The number of imide groups is 2. The number of esters is 1. The Kier molecular flexibility index (Phi) is 5.94. The maximum Gasteiger partial charge on any atom is 0.344 e. The third-order valence-corrected chi connectivity index (χ3v) is 3.45. The molecule has 0 saturated carbocycles. The van der Waals surface area contributed by atoms with E-state index in [4.69, 9.17) is 14.2 Å². The van der Waals surface area contributed by atoms with Crippen molar-refractivity contribution in [3.63, 3.8) is 0 Å². The number of barbiturate groups is 1. The fourth-order valence-electron chi connectivity index (χ4n) is 2.14. The Morgan fingerprint density at radius 1 is 1.23 bits per heavy atom. The quantitative estimate of drug-likeness (QED) is 0.451.